The molecule has 3 heteroatoms. The van der Waals surface area contributed by atoms with Gasteiger partial charge in [-0.1, -0.05) is 26.3 Å². The van der Waals surface area contributed by atoms with Crippen LogP contribution < -0.4 is 0 Å². The second kappa shape index (κ2) is 4.87. The van der Waals surface area contributed by atoms with Gasteiger partial charge in [-0.25, -0.2) is 0 Å². The van der Waals surface area contributed by atoms with Crippen LogP contribution in [0.3, 0.4) is 0 Å². The van der Waals surface area contributed by atoms with Crippen molar-refractivity contribution in [3.63, 3.8) is 0 Å². The molecule has 4 fully saturated rings. The predicted molar refractivity (Wildman–Crippen MR) is 93.4 cm³/mol. The van der Waals surface area contributed by atoms with Gasteiger partial charge in [0.05, 0.1) is 24.2 Å². The lowest BCUT2D eigenvalue weighted by atomic mass is 9.42. The van der Waals surface area contributed by atoms with E-state index in [1.165, 1.54) is 6.42 Å². The molecule has 3 nitrogen and oxygen atoms in total. The number of esters is 1. The van der Waals surface area contributed by atoms with E-state index in [9.17, 15) is 4.79 Å². The topological polar surface area (TPSA) is 35.5 Å². The summed E-state index contributed by atoms with van der Waals surface area (Å²) in [6.45, 7) is 11.0. The van der Waals surface area contributed by atoms with Crippen molar-refractivity contribution in [2.24, 2.45) is 28.1 Å². The highest BCUT2D eigenvalue weighted by Gasteiger charge is 2.71. The molecule has 0 aromatic carbocycles. The molecule has 7 atom stereocenters. The Labute approximate surface area is 146 Å². The van der Waals surface area contributed by atoms with E-state index in [0.717, 1.165) is 38.5 Å². The first kappa shape index (κ1) is 16.6. The third-order valence-corrected chi connectivity index (χ3v) is 8.62. The second-order valence-corrected chi connectivity index (χ2v) is 9.71. The Morgan fingerprint density at radius 1 is 1.21 bits per heavy atom. The summed E-state index contributed by atoms with van der Waals surface area (Å²) in [5, 5.41) is 0. The van der Waals surface area contributed by atoms with Gasteiger partial charge >= 0.3 is 5.97 Å². The number of carbonyl (C=O) groups excluding carboxylic acids is 1. The molecule has 2 aliphatic heterocycles. The minimum atomic E-state index is -0.326. The third-order valence-electron chi connectivity index (χ3n) is 8.62. The van der Waals surface area contributed by atoms with Gasteiger partial charge in [0, 0.05) is 5.41 Å². The quantitative estimate of drug-likeness (QED) is 0.551. The monoisotopic (exact) mass is 332 g/mol. The van der Waals surface area contributed by atoms with Crippen LogP contribution in [0.15, 0.2) is 12.7 Å². The SMILES string of the molecule is C=C[C@]1(C)C[C@@]23CC[C@H]4[C@](C)(CCC[C@@]4(C)C(=O)OC)[C@@H]2C[C@H]1O3. The Morgan fingerprint density at radius 3 is 2.62 bits per heavy atom. The summed E-state index contributed by atoms with van der Waals surface area (Å²) >= 11 is 0. The van der Waals surface area contributed by atoms with Gasteiger partial charge in [0.15, 0.2) is 0 Å². The van der Waals surface area contributed by atoms with Crippen LogP contribution in [-0.2, 0) is 14.3 Å². The molecule has 2 aliphatic carbocycles. The number of fused-ring (bicyclic) bond motifs is 3. The second-order valence-electron chi connectivity index (χ2n) is 9.71. The molecule has 1 spiro atoms. The van der Waals surface area contributed by atoms with E-state index in [1.807, 2.05) is 0 Å². The maximum absolute atomic E-state index is 12.6. The minimum absolute atomic E-state index is 0.00520. The van der Waals surface area contributed by atoms with Gasteiger partial charge in [-0.05, 0) is 62.7 Å². The highest BCUT2D eigenvalue weighted by Crippen LogP contribution is 2.71. The molecule has 4 rings (SSSR count). The lowest BCUT2D eigenvalue weighted by Gasteiger charge is -2.61. The Morgan fingerprint density at radius 2 is 1.96 bits per heavy atom. The molecule has 0 N–H and O–H groups in total. The Hall–Kier alpha value is -0.830. The van der Waals surface area contributed by atoms with Crippen molar-refractivity contribution < 1.29 is 14.3 Å². The summed E-state index contributed by atoms with van der Waals surface area (Å²) in [7, 11) is 1.54. The largest absolute Gasteiger partial charge is 0.469 e. The molecule has 134 valence electrons. The third kappa shape index (κ3) is 1.80. The van der Waals surface area contributed by atoms with Crippen LogP contribution in [-0.4, -0.2) is 24.8 Å². The van der Waals surface area contributed by atoms with Crippen LogP contribution >= 0.6 is 0 Å². The number of hydrogen-bond acceptors (Lipinski definition) is 3. The minimum Gasteiger partial charge on any atom is -0.469 e. The van der Waals surface area contributed by atoms with Crippen LogP contribution in [0.25, 0.3) is 0 Å². The summed E-state index contributed by atoms with van der Waals surface area (Å²) in [6, 6.07) is 0. The zero-order chi connectivity index (χ0) is 17.4. The number of hydrogen-bond donors (Lipinski definition) is 0. The first-order chi connectivity index (χ1) is 11.2. The highest BCUT2D eigenvalue weighted by molar-refractivity contribution is 5.77. The maximum Gasteiger partial charge on any atom is 0.311 e. The van der Waals surface area contributed by atoms with Crippen molar-refractivity contribution in [3.05, 3.63) is 12.7 Å². The first-order valence-corrected chi connectivity index (χ1v) is 9.64. The fourth-order valence-electron chi connectivity index (χ4n) is 7.41. The maximum atomic E-state index is 12.6. The summed E-state index contributed by atoms with van der Waals surface area (Å²) < 4.78 is 11.9. The molecule has 4 aliphatic rings. The molecular formula is C21H32O3. The van der Waals surface area contributed by atoms with Gasteiger partial charge in [-0.3, -0.25) is 4.79 Å². The smallest absolute Gasteiger partial charge is 0.311 e. The Kier molecular flexibility index (Phi) is 3.37. The van der Waals surface area contributed by atoms with Crippen molar-refractivity contribution in [2.45, 2.75) is 77.4 Å². The molecule has 0 amide bonds. The Bertz CT molecular complexity index is 586. The predicted octanol–water partition coefficient (Wildman–Crippen LogP) is 4.51. The zero-order valence-electron chi connectivity index (χ0n) is 15.7. The van der Waals surface area contributed by atoms with Gasteiger partial charge in [0.25, 0.3) is 0 Å². The van der Waals surface area contributed by atoms with Gasteiger partial charge in [-0.2, -0.15) is 0 Å². The summed E-state index contributed by atoms with van der Waals surface area (Å²) in [5.41, 5.74) is 0.0108. The molecule has 24 heavy (non-hydrogen) atoms. The molecule has 2 bridgehead atoms. The van der Waals surface area contributed by atoms with Crippen molar-refractivity contribution in [1.29, 1.82) is 0 Å². The van der Waals surface area contributed by atoms with Gasteiger partial charge in [0.1, 0.15) is 0 Å². The average Bonchev–Trinajstić information content (AvgIpc) is 3.07. The van der Waals surface area contributed by atoms with Crippen LogP contribution in [0.1, 0.15) is 65.7 Å². The van der Waals surface area contributed by atoms with E-state index in [4.69, 9.17) is 9.47 Å². The molecule has 2 saturated carbocycles. The molecule has 2 saturated heterocycles. The molecule has 0 aromatic rings. The average molecular weight is 332 g/mol. The fraction of sp³-hybridized carbons (Fsp3) is 0.857. The van der Waals surface area contributed by atoms with E-state index in [-0.39, 0.29) is 27.8 Å². The highest BCUT2D eigenvalue weighted by atomic mass is 16.5. The van der Waals surface area contributed by atoms with Crippen molar-refractivity contribution in [2.75, 3.05) is 7.11 Å². The lowest BCUT2D eigenvalue weighted by Crippen LogP contribution is -2.60. The number of methoxy groups -OCH3 is 1. The molecule has 0 radical (unpaired) electrons. The van der Waals surface area contributed by atoms with Gasteiger partial charge in [-0.15, -0.1) is 6.58 Å². The van der Waals surface area contributed by atoms with Gasteiger partial charge in [0.2, 0.25) is 0 Å². The van der Waals surface area contributed by atoms with E-state index in [0.29, 0.717) is 17.9 Å². The van der Waals surface area contributed by atoms with E-state index >= 15 is 0 Å². The van der Waals surface area contributed by atoms with E-state index in [1.54, 1.807) is 7.11 Å². The van der Waals surface area contributed by atoms with Crippen molar-refractivity contribution in [1.82, 2.24) is 0 Å². The Balaban J connectivity index is 1.71. The number of carbonyl (C=O) groups is 1. The summed E-state index contributed by atoms with van der Waals surface area (Å²) in [4.78, 5) is 12.6. The first-order valence-electron chi connectivity index (χ1n) is 9.64. The van der Waals surface area contributed by atoms with Crippen LogP contribution in [0.4, 0.5) is 0 Å². The van der Waals surface area contributed by atoms with E-state index < -0.39 is 0 Å². The van der Waals surface area contributed by atoms with Gasteiger partial charge < -0.3 is 9.47 Å². The van der Waals surface area contributed by atoms with E-state index in [2.05, 4.69) is 33.4 Å². The van der Waals surface area contributed by atoms with Crippen LogP contribution in [0, 0.1) is 28.1 Å². The van der Waals surface area contributed by atoms with Crippen LogP contribution in [0.5, 0.6) is 0 Å². The summed E-state index contributed by atoms with van der Waals surface area (Å²) in [6.07, 6.45) is 10.1. The standard InChI is InChI=1S/C21H32O3/c1-6-18(2)13-21-11-8-14-19(3,15(21)12-16(18)24-21)9-7-10-20(14,4)17(22)23-5/h6,14-16H,1,7-13H2,2-5H3/t14-,15-,16+,18+,19-,20+,21-/m0/s1. The number of ether oxygens (including phenoxy) is 2. The van der Waals surface area contributed by atoms with Crippen LogP contribution in [0.2, 0.25) is 0 Å². The molecule has 2 heterocycles. The lowest BCUT2D eigenvalue weighted by molar-refractivity contribution is -0.184. The number of rotatable bonds is 2. The summed E-state index contributed by atoms with van der Waals surface area (Å²) in [5.74, 6) is 0.986. The van der Waals surface area contributed by atoms with Crippen molar-refractivity contribution in [3.8, 4) is 0 Å². The zero-order valence-corrected chi connectivity index (χ0v) is 15.7. The van der Waals surface area contributed by atoms with Crippen molar-refractivity contribution >= 4 is 5.97 Å². The normalized spacial score (nSPS) is 55.6. The molecular weight excluding hydrogens is 300 g/mol. The fourth-order valence-corrected chi connectivity index (χ4v) is 7.41. The molecule has 0 aromatic heterocycles. The molecule has 0 unspecified atom stereocenters.